The molecule has 1 aromatic rings. The quantitative estimate of drug-likeness (QED) is 0.854. The number of aromatic nitrogens is 2. The third kappa shape index (κ3) is 3.18. The maximum absolute atomic E-state index is 12.6. The predicted octanol–water partition coefficient (Wildman–Crippen LogP) is 3.48. The molecular formula is C17H27N3O2. The summed E-state index contributed by atoms with van der Waals surface area (Å²) in [6.07, 6.45) is 7.62. The summed E-state index contributed by atoms with van der Waals surface area (Å²) >= 11 is 0. The smallest absolute Gasteiger partial charge is 0.231 e. The maximum Gasteiger partial charge on any atom is 0.231 e. The van der Waals surface area contributed by atoms with E-state index in [-0.39, 0.29) is 11.8 Å². The molecule has 5 nitrogen and oxygen atoms in total. The first-order chi connectivity index (χ1) is 10.7. The van der Waals surface area contributed by atoms with Gasteiger partial charge in [0.2, 0.25) is 11.8 Å². The number of amides is 1. The van der Waals surface area contributed by atoms with Gasteiger partial charge in [0.1, 0.15) is 0 Å². The molecule has 1 aliphatic carbocycles. The summed E-state index contributed by atoms with van der Waals surface area (Å²) in [5, 5.41) is 4.12. The molecule has 2 atom stereocenters. The maximum atomic E-state index is 12.6. The van der Waals surface area contributed by atoms with Crippen molar-refractivity contribution in [2.24, 2.45) is 5.92 Å². The van der Waals surface area contributed by atoms with Gasteiger partial charge in [0, 0.05) is 24.9 Å². The molecule has 2 heterocycles. The van der Waals surface area contributed by atoms with Gasteiger partial charge >= 0.3 is 0 Å². The zero-order valence-electron chi connectivity index (χ0n) is 13.8. The van der Waals surface area contributed by atoms with Gasteiger partial charge in [0.25, 0.3) is 0 Å². The van der Waals surface area contributed by atoms with Crippen molar-refractivity contribution >= 4 is 5.91 Å². The van der Waals surface area contributed by atoms with Gasteiger partial charge in [0.05, 0.1) is 5.92 Å². The number of hydrogen-bond acceptors (Lipinski definition) is 4. The lowest BCUT2D eigenvalue weighted by Gasteiger charge is -2.32. The van der Waals surface area contributed by atoms with E-state index < -0.39 is 0 Å². The van der Waals surface area contributed by atoms with Crippen molar-refractivity contribution < 1.29 is 9.32 Å². The van der Waals surface area contributed by atoms with Crippen molar-refractivity contribution in [1.82, 2.24) is 15.0 Å². The molecule has 0 spiro atoms. The molecule has 0 unspecified atom stereocenters. The highest BCUT2D eigenvalue weighted by atomic mass is 16.5. The molecule has 2 aliphatic rings. The highest BCUT2D eigenvalue weighted by Gasteiger charge is 2.33. The van der Waals surface area contributed by atoms with Crippen LogP contribution in [0.5, 0.6) is 0 Å². The van der Waals surface area contributed by atoms with Crippen LogP contribution in [0.2, 0.25) is 0 Å². The van der Waals surface area contributed by atoms with Gasteiger partial charge in [-0.05, 0) is 32.1 Å². The molecule has 122 valence electrons. The number of nitrogens with zero attached hydrogens (tertiary/aromatic N) is 3. The van der Waals surface area contributed by atoms with E-state index in [9.17, 15) is 4.79 Å². The fraction of sp³-hybridized carbons (Fsp3) is 0.824. The topological polar surface area (TPSA) is 59.2 Å². The first-order valence-corrected chi connectivity index (χ1v) is 8.81. The van der Waals surface area contributed by atoms with E-state index in [1.165, 1.54) is 12.8 Å². The minimum absolute atomic E-state index is 0.212. The van der Waals surface area contributed by atoms with Crippen LogP contribution in [-0.4, -0.2) is 34.0 Å². The first-order valence-electron chi connectivity index (χ1n) is 8.81. The largest absolute Gasteiger partial charge is 0.342 e. The Balaban J connectivity index is 1.65. The van der Waals surface area contributed by atoms with Crippen LogP contribution in [0.4, 0.5) is 0 Å². The lowest BCUT2D eigenvalue weighted by atomic mass is 9.96. The molecule has 1 saturated heterocycles. The molecule has 0 aromatic carbocycles. The van der Waals surface area contributed by atoms with Gasteiger partial charge in [-0.3, -0.25) is 4.79 Å². The monoisotopic (exact) mass is 305 g/mol. The lowest BCUT2D eigenvalue weighted by Crippen LogP contribution is -2.41. The van der Waals surface area contributed by atoms with Crippen molar-refractivity contribution in [3.8, 4) is 0 Å². The van der Waals surface area contributed by atoms with Gasteiger partial charge in [-0.2, -0.15) is 4.98 Å². The zero-order chi connectivity index (χ0) is 15.5. The van der Waals surface area contributed by atoms with E-state index >= 15 is 0 Å². The fourth-order valence-corrected chi connectivity index (χ4v) is 3.61. The van der Waals surface area contributed by atoms with E-state index in [1.54, 1.807) is 0 Å². The summed E-state index contributed by atoms with van der Waals surface area (Å²) in [6, 6.07) is 0. The van der Waals surface area contributed by atoms with Crippen molar-refractivity contribution in [3.05, 3.63) is 11.7 Å². The fourth-order valence-electron chi connectivity index (χ4n) is 3.61. The summed E-state index contributed by atoms with van der Waals surface area (Å²) in [5.41, 5.74) is 0. The SMILES string of the molecule is CC[C@@H](C)c1noc([C@H]2CCCN(C(=O)C3CCCC3)C2)n1. The molecular weight excluding hydrogens is 278 g/mol. The highest BCUT2D eigenvalue weighted by Crippen LogP contribution is 2.31. The molecule has 0 bridgehead atoms. The minimum atomic E-state index is 0.212. The van der Waals surface area contributed by atoms with Crippen LogP contribution < -0.4 is 0 Å². The summed E-state index contributed by atoms with van der Waals surface area (Å²) in [7, 11) is 0. The summed E-state index contributed by atoms with van der Waals surface area (Å²) in [5.74, 6) is 2.68. The molecule has 1 aliphatic heterocycles. The van der Waals surface area contributed by atoms with Crippen LogP contribution in [0.25, 0.3) is 0 Å². The Labute approximate surface area is 132 Å². The van der Waals surface area contributed by atoms with Crippen LogP contribution in [-0.2, 0) is 4.79 Å². The Morgan fingerprint density at radius 2 is 2.09 bits per heavy atom. The Bertz CT molecular complexity index is 508. The third-order valence-electron chi connectivity index (χ3n) is 5.30. The second-order valence-corrected chi connectivity index (χ2v) is 6.90. The van der Waals surface area contributed by atoms with Gasteiger partial charge in [0.15, 0.2) is 5.82 Å². The van der Waals surface area contributed by atoms with E-state index in [0.717, 1.165) is 56.9 Å². The standard InChI is InChI=1S/C17H27N3O2/c1-3-12(2)15-18-16(22-19-15)14-9-6-10-20(11-14)17(21)13-7-4-5-8-13/h12-14H,3-11H2,1-2H3/t12-,14+/m1/s1. The number of hydrogen-bond donors (Lipinski definition) is 0. The predicted molar refractivity (Wildman–Crippen MR) is 83.5 cm³/mol. The Morgan fingerprint density at radius 1 is 1.32 bits per heavy atom. The lowest BCUT2D eigenvalue weighted by molar-refractivity contribution is -0.136. The molecule has 1 saturated carbocycles. The molecule has 5 heteroatoms. The Morgan fingerprint density at radius 3 is 2.82 bits per heavy atom. The average molecular weight is 305 g/mol. The number of likely N-dealkylation sites (tertiary alicyclic amines) is 1. The molecule has 0 N–H and O–H groups in total. The third-order valence-corrected chi connectivity index (χ3v) is 5.30. The number of piperidine rings is 1. The normalized spacial score (nSPS) is 24.6. The van der Waals surface area contributed by atoms with Gasteiger partial charge in [-0.1, -0.05) is 31.8 Å². The molecule has 1 amide bonds. The van der Waals surface area contributed by atoms with Crippen LogP contribution >= 0.6 is 0 Å². The molecule has 0 radical (unpaired) electrons. The number of rotatable bonds is 4. The van der Waals surface area contributed by atoms with E-state index in [0.29, 0.717) is 11.8 Å². The summed E-state index contributed by atoms with van der Waals surface area (Å²) in [4.78, 5) is 19.2. The Hall–Kier alpha value is -1.39. The van der Waals surface area contributed by atoms with Crippen molar-refractivity contribution in [2.75, 3.05) is 13.1 Å². The van der Waals surface area contributed by atoms with E-state index in [4.69, 9.17) is 4.52 Å². The Kier molecular flexibility index (Phi) is 4.79. The highest BCUT2D eigenvalue weighted by molar-refractivity contribution is 5.79. The zero-order valence-corrected chi connectivity index (χ0v) is 13.8. The van der Waals surface area contributed by atoms with Crippen LogP contribution in [0.15, 0.2) is 4.52 Å². The van der Waals surface area contributed by atoms with Crippen molar-refractivity contribution in [1.29, 1.82) is 0 Å². The van der Waals surface area contributed by atoms with Crippen LogP contribution in [0.1, 0.15) is 82.3 Å². The van der Waals surface area contributed by atoms with Gasteiger partial charge in [-0.25, -0.2) is 0 Å². The number of carbonyl (C=O) groups excluding carboxylic acids is 1. The molecule has 2 fully saturated rings. The molecule has 3 rings (SSSR count). The van der Waals surface area contributed by atoms with E-state index in [2.05, 4.69) is 24.0 Å². The molecule has 1 aromatic heterocycles. The van der Waals surface area contributed by atoms with Crippen molar-refractivity contribution in [2.45, 2.75) is 70.6 Å². The van der Waals surface area contributed by atoms with Crippen LogP contribution in [0, 0.1) is 5.92 Å². The second-order valence-electron chi connectivity index (χ2n) is 6.90. The average Bonchev–Trinajstić information content (AvgIpc) is 3.25. The van der Waals surface area contributed by atoms with E-state index in [1.807, 2.05) is 4.90 Å². The molecule has 22 heavy (non-hydrogen) atoms. The first kappa shape index (κ1) is 15.5. The summed E-state index contributed by atoms with van der Waals surface area (Å²) in [6.45, 7) is 5.88. The van der Waals surface area contributed by atoms with Crippen molar-refractivity contribution in [3.63, 3.8) is 0 Å². The second kappa shape index (κ2) is 6.80. The van der Waals surface area contributed by atoms with Crippen LogP contribution in [0.3, 0.4) is 0 Å². The van der Waals surface area contributed by atoms with Gasteiger partial charge < -0.3 is 9.42 Å². The minimum Gasteiger partial charge on any atom is -0.342 e. The van der Waals surface area contributed by atoms with Gasteiger partial charge in [-0.15, -0.1) is 0 Å². The summed E-state index contributed by atoms with van der Waals surface area (Å²) < 4.78 is 5.48. The number of carbonyl (C=O) groups is 1.